The summed E-state index contributed by atoms with van der Waals surface area (Å²) < 4.78 is 5.66. The summed E-state index contributed by atoms with van der Waals surface area (Å²) in [5.41, 5.74) is 5.95. The molecule has 0 saturated carbocycles. The van der Waals surface area contributed by atoms with Crippen LogP contribution in [0.1, 0.15) is 35.7 Å². The second-order valence-corrected chi connectivity index (χ2v) is 6.21. The first-order valence-corrected chi connectivity index (χ1v) is 8.29. The molecule has 1 heterocycles. The molecule has 0 saturated heterocycles. The fourth-order valence-electron chi connectivity index (χ4n) is 2.86. The maximum atomic E-state index is 10.6. The zero-order valence-electron chi connectivity index (χ0n) is 15.1. The molecule has 0 aliphatic heterocycles. The van der Waals surface area contributed by atoms with E-state index in [0.717, 1.165) is 33.5 Å². The highest BCUT2D eigenvalue weighted by Gasteiger charge is 2.14. The normalized spacial score (nSPS) is 11.8. The summed E-state index contributed by atoms with van der Waals surface area (Å²) in [6.07, 6.45) is 0.560. The summed E-state index contributed by atoms with van der Waals surface area (Å²) in [5, 5.41) is 5.96. The van der Waals surface area contributed by atoms with E-state index >= 15 is 0 Å². The van der Waals surface area contributed by atoms with E-state index in [-0.39, 0.29) is 12.6 Å². The lowest BCUT2D eigenvalue weighted by Crippen LogP contribution is -2.07. The molecule has 6 nitrogen and oxygen atoms in total. The van der Waals surface area contributed by atoms with Gasteiger partial charge in [0.2, 0.25) is 5.88 Å². The van der Waals surface area contributed by atoms with Crippen LogP contribution in [-0.2, 0) is 6.54 Å². The van der Waals surface area contributed by atoms with E-state index in [1.54, 1.807) is 6.92 Å². The van der Waals surface area contributed by atoms with Crippen LogP contribution in [-0.4, -0.2) is 17.6 Å². The Morgan fingerprint density at radius 1 is 1.20 bits per heavy atom. The first-order chi connectivity index (χ1) is 12.0. The van der Waals surface area contributed by atoms with Crippen molar-refractivity contribution in [2.75, 3.05) is 6.61 Å². The molecular weight excluding hydrogens is 318 g/mol. The van der Waals surface area contributed by atoms with Gasteiger partial charge in [-0.3, -0.25) is 0 Å². The molecule has 25 heavy (non-hydrogen) atoms. The van der Waals surface area contributed by atoms with E-state index in [1.807, 2.05) is 45.0 Å². The molecule has 1 aromatic heterocycles. The van der Waals surface area contributed by atoms with Crippen LogP contribution in [0.5, 0.6) is 5.88 Å². The summed E-state index contributed by atoms with van der Waals surface area (Å²) in [4.78, 5) is 25.6. The lowest BCUT2D eigenvalue weighted by molar-refractivity contribution is 0.289. The van der Waals surface area contributed by atoms with Crippen LogP contribution in [0.25, 0.3) is 11.1 Å². The maximum Gasteiger partial charge on any atom is 0.213 e. The van der Waals surface area contributed by atoms with Crippen molar-refractivity contribution in [3.8, 4) is 17.0 Å². The zero-order chi connectivity index (χ0) is 18.4. The number of hydrogen-bond acceptors (Lipinski definition) is 6. The van der Waals surface area contributed by atoms with Gasteiger partial charge in [0.15, 0.2) is 0 Å². The molecule has 0 unspecified atom stereocenters. The van der Waals surface area contributed by atoms with Crippen LogP contribution < -0.4 is 4.74 Å². The molecule has 1 aromatic carbocycles. The second kappa shape index (κ2) is 8.46. The first kappa shape index (κ1) is 18.7. The van der Waals surface area contributed by atoms with Gasteiger partial charge in [-0.25, -0.2) is 4.98 Å². The van der Waals surface area contributed by atoms with Gasteiger partial charge in [-0.2, -0.15) is 9.81 Å². The quantitative estimate of drug-likeness (QED) is 0.642. The molecule has 0 radical (unpaired) electrons. The zero-order valence-corrected chi connectivity index (χ0v) is 15.1. The Morgan fingerprint density at radius 3 is 2.60 bits per heavy atom. The second-order valence-electron chi connectivity index (χ2n) is 6.21. The number of pyridine rings is 1. The molecule has 6 heteroatoms. The molecule has 0 aliphatic carbocycles. The third-order valence-corrected chi connectivity index (χ3v) is 4.29. The molecule has 132 valence electrons. The average molecular weight is 341 g/mol. The third-order valence-electron chi connectivity index (χ3n) is 4.29. The van der Waals surface area contributed by atoms with E-state index in [9.17, 15) is 9.81 Å². The Hall–Kier alpha value is -2.63. The predicted molar refractivity (Wildman–Crippen MR) is 98.8 cm³/mol. The highest BCUT2D eigenvalue weighted by molar-refractivity contribution is 5.73. The Bertz CT molecular complexity index is 751. The van der Waals surface area contributed by atoms with Crippen LogP contribution in [0.2, 0.25) is 0 Å². The number of rotatable bonds is 8. The van der Waals surface area contributed by atoms with Gasteiger partial charge in [0, 0.05) is 23.7 Å². The number of hydrogen-bond donors (Lipinski definition) is 0. The lowest BCUT2D eigenvalue weighted by atomic mass is 9.93. The summed E-state index contributed by atoms with van der Waals surface area (Å²) in [5.74, 6) is 0.542. The van der Waals surface area contributed by atoms with Crippen molar-refractivity contribution >= 4 is 0 Å². The van der Waals surface area contributed by atoms with Crippen LogP contribution in [0, 0.1) is 30.6 Å². The summed E-state index contributed by atoms with van der Waals surface area (Å²) in [6.45, 7) is 8.26. The van der Waals surface area contributed by atoms with E-state index in [0.29, 0.717) is 18.9 Å². The van der Waals surface area contributed by atoms with Crippen molar-refractivity contribution in [2.24, 2.45) is 10.4 Å². The number of nitroso groups, excluding NO2 is 2. The highest BCUT2D eigenvalue weighted by atomic mass is 16.5. The minimum absolute atomic E-state index is 0.162. The molecule has 0 amide bonds. The maximum absolute atomic E-state index is 10.6. The minimum Gasteiger partial charge on any atom is -0.478 e. The summed E-state index contributed by atoms with van der Waals surface area (Å²) in [6, 6.07) is 7.50. The van der Waals surface area contributed by atoms with Crippen molar-refractivity contribution in [3.63, 3.8) is 0 Å². The molecular formula is C19H23N3O3. The molecule has 0 N–H and O–H groups in total. The molecule has 2 rings (SSSR count). The van der Waals surface area contributed by atoms with Gasteiger partial charge < -0.3 is 4.74 Å². The van der Waals surface area contributed by atoms with E-state index in [2.05, 4.69) is 15.3 Å². The topological polar surface area (TPSA) is 81.0 Å². The molecule has 0 fully saturated rings. The molecule has 2 aromatic rings. The molecule has 0 spiro atoms. The third kappa shape index (κ3) is 4.47. The van der Waals surface area contributed by atoms with Gasteiger partial charge in [0.25, 0.3) is 0 Å². The van der Waals surface area contributed by atoms with Gasteiger partial charge in [0.05, 0.1) is 12.6 Å². The van der Waals surface area contributed by atoms with Crippen molar-refractivity contribution < 1.29 is 4.74 Å². The van der Waals surface area contributed by atoms with Crippen LogP contribution in [0.4, 0.5) is 0 Å². The van der Waals surface area contributed by atoms with Gasteiger partial charge in [-0.1, -0.05) is 28.6 Å². The van der Waals surface area contributed by atoms with E-state index in [4.69, 9.17) is 4.74 Å². The summed E-state index contributed by atoms with van der Waals surface area (Å²) in [7, 11) is 0. The Morgan fingerprint density at radius 2 is 1.96 bits per heavy atom. The van der Waals surface area contributed by atoms with Gasteiger partial charge in [0.1, 0.15) is 6.54 Å². The number of nitrogens with zero attached hydrogens (tertiary/aromatic N) is 3. The SMILES string of the molecule is Cc1cc(OCC[C@@H](C)N=O)nc(C)c1-c1cccc(CN=O)c1C. The van der Waals surface area contributed by atoms with Gasteiger partial charge >= 0.3 is 0 Å². The van der Waals surface area contributed by atoms with Crippen LogP contribution >= 0.6 is 0 Å². The van der Waals surface area contributed by atoms with E-state index in [1.165, 1.54) is 0 Å². The lowest BCUT2D eigenvalue weighted by Gasteiger charge is -2.16. The molecule has 0 aliphatic rings. The van der Waals surface area contributed by atoms with Crippen molar-refractivity contribution in [2.45, 2.75) is 46.7 Å². The predicted octanol–water partition coefficient (Wildman–Crippen LogP) is 4.86. The smallest absolute Gasteiger partial charge is 0.213 e. The van der Waals surface area contributed by atoms with Crippen molar-refractivity contribution in [1.82, 2.24) is 4.98 Å². The summed E-state index contributed by atoms with van der Waals surface area (Å²) >= 11 is 0. The minimum atomic E-state index is -0.265. The van der Waals surface area contributed by atoms with Gasteiger partial charge in [-0.05, 0) is 49.9 Å². The first-order valence-electron chi connectivity index (χ1n) is 8.29. The molecule has 0 bridgehead atoms. The standard InChI is InChI=1S/C19H23N3O3/c1-12-10-18(25-9-8-13(2)22-24)21-15(4)19(12)17-7-5-6-16(11-20-23)14(17)3/h5-7,10,13H,8-9,11H2,1-4H3/t13-/m1/s1. The van der Waals surface area contributed by atoms with Gasteiger partial charge in [-0.15, -0.1) is 0 Å². The van der Waals surface area contributed by atoms with E-state index < -0.39 is 0 Å². The highest BCUT2D eigenvalue weighted by Crippen LogP contribution is 2.32. The monoisotopic (exact) mass is 341 g/mol. The fraction of sp³-hybridized carbons (Fsp3) is 0.421. The van der Waals surface area contributed by atoms with Crippen molar-refractivity contribution in [3.05, 3.63) is 56.5 Å². The number of aryl methyl sites for hydroxylation is 2. The Kier molecular flexibility index (Phi) is 6.33. The number of aromatic nitrogens is 1. The van der Waals surface area contributed by atoms with Crippen LogP contribution in [0.15, 0.2) is 34.6 Å². The van der Waals surface area contributed by atoms with Crippen molar-refractivity contribution in [1.29, 1.82) is 0 Å². The largest absolute Gasteiger partial charge is 0.478 e. The Balaban J connectivity index is 2.30. The molecule has 1 atom stereocenters. The Labute approximate surface area is 147 Å². The average Bonchev–Trinajstić information content (AvgIpc) is 2.57. The fourth-order valence-corrected chi connectivity index (χ4v) is 2.86. The van der Waals surface area contributed by atoms with Crippen LogP contribution in [0.3, 0.4) is 0 Å². The number of ether oxygens (including phenoxy) is 1. The number of benzene rings is 1.